The van der Waals surface area contributed by atoms with E-state index in [0.29, 0.717) is 0 Å². The van der Waals surface area contributed by atoms with Gasteiger partial charge in [0.05, 0.1) is 0 Å². The fraction of sp³-hybridized carbons (Fsp3) is 0.765. The second kappa shape index (κ2) is 10.6. The van der Waals surface area contributed by atoms with Crippen molar-refractivity contribution in [3.63, 3.8) is 0 Å². The van der Waals surface area contributed by atoms with Crippen LogP contribution in [0.1, 0.15) is 13.8 Å². The molecule has 0 aliphatic rings. The number of halogens is 17. The molecule has 0 aromatic rings. The van der Waals surface area contributed by atoms with E-state index >= 15 is 0 Å². The van der Waals surface area contributed by atoms with E-state index in [0.717, 1.165) is 0 Å². The molecule has 0 saturated carbocycles. The first kappa shape index (κ1) is 35.5. The third kappa shape index (κ3) is 5.32. The van der Waals surface area contributed by atoms with Gasteiger partial charge in [0.25, 0.3) is 6.43 Å². The molecular weight excluding hydrogens is 591 g/mol. The van der Waals surface area contributed by atoms with E-state index in [4.69, 9.17) is 5.11 Å². The molecule has 0 aliphatic heterocycles. The van der Waals surface area contributed by atoms with Gasteiger partial charge in [0.15, 0.2) is 6.17 Å². The number of ether oxygens (including phenoxy) is 1. The summed E-state index contributed by atoms with van der Waals surface area (Å²) in [6, 6.07) is 0. The molecule has 21 heteroatoms. The van der Waals surface area contributed by atoms with Crippen LogP contribution < -0.4 is 0 Å². The minimum atomic E-state index is -8.59. The van der Waals surface area contributed by atoms with E-state index in [1.165, 1.54) is 0 Å². The molecular formula is C17H13F17O4. The lowest BCUT2D eigenvalue weighted by Gasteiger charge is -2.45. The van der Waals surface area contributed by atoms with Gasteiger partial charge in [0, 0.05) is 18.1 Å². The molecule has 0 saturated heterocycles. The summed E-state index contributed by atoms with van der Waals surface area (Å²) in [7, 11) is 0. The van der Waals surface area contributed by atoms with E-state index < -0.39 is 84.1 Å². The highest BCUT2D eigenvalue weighted by atomic mass is 19.4. The molecule has 0 amide bonds. The third-order valence-corrected chi connectivity index (χ3v) is 4.64. The molecule has 0 rings (SSSR count). The zero-order chi connectivity index (χ0) is 31.1. The molecule has 0 radical (unpaired) electrons. The van der Waals surface area contributed by atoms with Crippen LogP contribution in [-0.4, -0.2) is 77.2 Å². The summed E-state index contributed by atoms with van der Waals surface area (Å²) in [5.74, 6) is -62.7. The van der Waals surface area contributed by atoms with Crippen molar-refractivity contribution < 1.29 is 94.1 Å². The molecule has 3 atom stereocenters. The monoisotopic (exact) mass is 604 g/mol. The van der Waals surface area contributed by atoms with Crippen molar-refractivity contribution in [1.82, 2.24) is 0 Å². The van der Waals surface area contributed by atoms with Crippen LogP contribution in [0.3, 0.4) is 0 Å². The largest absolute Gasteiger partial charge is 0.478 e. The quantitative estimate of drug-likeness (QED) is 0.154. The summed E-state index contributed by atoms with van der Waals surface area (Å²) in [6.07, 6.45) is -16.7. The number of carboxylic acids is 1. The van der Waals surface area contributed by atoms with Crippen LogP contribution in [0.4, 0.5) is 74.6 Å². The van der Waals surface area contributed by atoms with Crippen molar-refractivity contribution in [2.75, 3.05) is 0 Å². The number of esters is 1. The Morgan fingerprint density at radius 3 is 1.37 bits per heavy atom. The van der Waals surface area contributed by atoms with Gasteiger partial charge in [-0.1, -0.05) is 13.8 Å². The van der Waals surface area contributed by atoms with E-state index in [1.807, 2.05) is 0 Å². The summed E-state index contributed by atoms with van der Waals surface area (Å²) in [4.78, 5) is 21.5. The molecule has 0 aliphatic carbocycles. The second-order valence-electron chi connectivity index (χ2n) is 7.57. The molecule has 0 aromatic carbocycles. The summed E-state index contributed by atoms with van der Waals surface area (Å²) in [6.45, 7) is 0.0489. The number of rotatable bonds is 13. The first-order valence-electron chi connectivity index (χ1n) is 9.18. The molecule has 3 unspecified atom stereocenters. The number of hydrogen-bond donors (Lipinski definition) is 1. The van der Waals surface area contributed by atoms with Crippen molar-refractivity contribution in [2.24, 2.45) is 5.92 Å². The molecule has 4 nitrogen and oxygen atoms in total. The Kier molecular flexibility index (Phi) is 9.87. The Bertz CT molecular complexity index is 901. The van der Waals surface area contributed by atoms with Crippen LogP contribution in [0, 0.1) is 5.92 Å². The van der Waals surface area contributed by atoms with Crippen molar-refractivity contribution >= 4 is 11.9 Å². The fourth-order valence-electron chi connectivity index (χ4n) is 2.38. The highest BCUT2D eigenvalue weighted by Crippen LogP contribution is 2.63. The Balaban J connectivity index is 6.92. The van der Waals surface area contributed by atoms with Crippen LogP contribution in [0.2, 0.25) is 0 Å². The Morgan fingerprint density at radius 2 is 1.03 bits per heavy atom. The van der Waals surface area contributed by atoms with Gasteiger partial charge in [0.2, 0.25) is 6.17 Å². The maximum Gasteiger partial charge on any atom is 0.385 e. The number of alkyl halides is 17. The maximum atomic E-state index is 14.8. The maximum absolute atomic E-state index is 14.8. The zero-order valence-electron chi connectivity index (χ0n) is 18.1. The predicted octanol–water partition coefficient (Wildman–Crippen LogP) is 6.25. The number of carboxylic acid groups (broad SMARTS) is 1. The average molecular weight is 604 g/mol. The molecule has 0 fully saturated rings. The van der Waals surface area contributed by atoms with Crippen molar-refractivity contribution in [3.05, 3.63) is 12.2 Å². The Hall–Kier alpha value is -2.51. The highest BCUT2D eigenvalue weighted by Gasteiger charge is 2.94. The topological polar surface area (TPSA) is 63.6 Å². The lowest BCUT2D eigenvalue weighted by molar-refractivity contribution is -0.452. The number of carbonyl (C=O) groups is 2. The minimum absolute atomic E-state index is 0.0245. The average Bonchev–Trinajstić information content (AvgIpc) is 2.75. The Labute approximate surface area is 199 Å². The van der Waals surface area contributed by atoms with E-state index in [1.54, 1.807) is 0 Å². The summed E-state index contributed by atoms with van der Waals surface area (Å²) >= 11 is 0. The van der Waals surface area contributed by atoms with Crippen LogP contribution in [0.25, 0.3) is 0 Å². The summed E-state index contributed by atoms with van der Waals surface area (Å²) in [5.41, 5.74) is 0. The number of carbonyl (C=O) groups excluding carboxylic acids is 1. The first-order valence-corrected chi connectivity index (χ1v) is 9.18. The smallest absolute Gasteiger partial charge is 0.385 e. The van der Waals surface area contributed by atoms with E-state index in [-0.39, 0.29) is 19.9 Å². The molecule has 0 aromatic heterocycles. The lowest BCUT2D eigenvalue weighted by Crippen LogP contribution is -2.75. The first-order chi connectivity index (χ1) is 16.5. The Morgan fingerprint density at radius 1 is 0.658 bits per heavy atom. The number of hydrogen-bond acceptors (Lipinski definition) is 3. The molecule has 0 spiro atoms. The van der Waals surface area contributed by atoms with Crippen LogP contribution in [0.15, 0.2) is 12.2 Å². The van der Waals surface area contributed by atoms with Gasteiger partial charge in [-0.05, 0) is 0 Å². The van der Waals surface area contributed by atoms with Gasteiger partial charge in [-0.15, -0.1) is 0 Å². The van der Waals surface area contributed by atoms with Gasteiger partial charge >= 0.3 is 53.3 Å². The van der Waals surface area contributed by atoms with Crippen molar-refractivity contribution in [2.45, 2.75) is 74.0 Å². The molecule has 224 valence electrons. The van der Waals surface area contributed by atoms with E-state index in [9.17, 15) is 84.2 Å². The third-order valence-electron chi connectivity index (χ3n) is 4.64. The van der Waals surface area contributed by atoms with Crippen molar-refractivity contribution in [1.29, 1.82) is 0 Å². The summed E-state index contributed by atoms with van der Waals surface area (Å²) in [5, 5.41) is 8.24. The highest BCUT2D eigenvalue weighted by molar-refractivity contribution is 5.90. The molecule has 1 N–H and O–H groups in total. The van der Waals surface area contributed by atoms with E-state index in [2.05, 4.69) is 4.74 Å². The van der Waals surface area contributed by atoms with Crippen LogP contribution in [0.5, 0.6) is 0 Å². The molecule has 38 heavy (non-hydrogen) atoms. The van der Waals surface area contributed by atoms with Gasteiger partial charge in [-0.2, -0.15) is 57.1 Å². The van der Waals surface area contributed by atoms with Gasteiger partial charge in [-0.25, -0.2) is 27.2 Å². The second-order valence-corrected chi connectivity index (χ2v) is 7.57. The lowest BCUT2D eigenvalue weighted by atomic mass is 9.84. The molecule has 0 bridgehead atoms. The predicted molar refractivity (Wildman–Crippen MR) is 87.0 cm³/mol. The summed E-state index contributed by atoms with van der Waals surface area (Å²) < 4.78 is 235. The van der Waals surface area contributed by atoms with Crippen molar-refractivity contribution in [3.8, 4) is 0 Å². The normalized spacial score (nSPS) is 18.0. The number of aliphatic carboxylic acids is 1. The van der Waals surface area contributed by atoms with Crippen LogP contribution >= 0.6 is 0 Å². The minimum Gasteiger partial charge on any atom is -0.478 e. The SMILES string of the molecule is CC(C)C(F)(OC(=O)C=CC(=O)O)C(F)(F)C(F)(F)C(F)(F)C(F)(F)C(F)(F)C(F)(F)C(F)C(F)C(F)F. The van der Waals surface area contributed by atoms with Gasteiger partial charge in [0.1, 0.15) is 0 Å². The van der Waals surface area contributed by atoms with Gasteiger partial charge in [-0.3, -0.25) is 0 Å². The molecule has 0 heterocycles. The fourth-order valence-corrected chi connectivity index (χ4v) is 2.38. The standard InChI is InChI=1S/C17H13F17O4/c1-5(2)12(24,38-7(37)4-3-6(35)36)14(27,28)16(31,32)17(33,34)15(29,30)13(25,26)11(22,23)9(19)8(18)10(20)21/h3-5,8-10H,1-2H3,(H,35,36). The zero-order valence-corrected chi connectivity index (χ0v) is 18.1. The van der Waals surface area contributed by atoms with Gasteiger partial charge < -0.3 is 9.84 Å². The van der Waals surface area contributed by atoms with Crippen LogP contribution in [-0.2, 0) is 14.3 Å².